The van der Waals surface area contributed by atoms with E-state index in [1.165, 1.54) is 12.7 Å². The molecule has 168 valence electrons. The van der Waals surface area contributed by atoms with Gasteiger partial charge < -0.3 is 26.4 Å². The number of nitrogens with two attached hydrogens (primary N) is 1. The fourth-order valence-electron chi connectivity index (χ4n) is 2.40. The highest BCUT2D eigenvalue weighted by Crippen LogP contribution is 2.04. The Morgan fingerprint density at radius 1 is 1.43 bits per heavy atom. The number of aryl methyl sites for hydroxylation is 1. The second-order valence-corrected chi connectivity index (χ2v) is 6.70. The number of rotatable bonds is 8. The molecule has 0 radical (unpaired) electrons. The molecule has 0 spiro atoms. The fourth-order valence-corrected chi connectivity index (χ4v) is 2.40. The molecular formula is C20H33N5O5. The molecule has 30 heavy (non-hydrogen) atoms. The summed E-state index contributed by atoms with van der Waals surface area (Å²) >= 11 is 0. The van der Waals surface area contributed by atoms with Crippen LogP contribution in [0.2, 0.25) is 0 Å². The number of nitrogens with zero attached hydrogens (tertiary/aromatic N) is 1. The van der Waals surface area contributed by atoms with Crippen molar-refractivity contribution in [3.8, 4) is 0 Å². The molecule has 0 bridgehead atoms. The van der Waals surface area contributed by atoms with Gasteiger partial charge in [0.2, 0.25) is 17.7 Å². The number of primary amides is 1. The Morgan fingerprint density at radius 3 is 2.57 bits per heavy atom. The zero-order valence-electron chi connectivity index (χ0n) is 17.8. The molecule has 3 amide bonds. The lowest BCUT2D eigenvalue weighted by Crippen LogP contribution is -2.46. The fraction of sp³-hybridized carbons (Fsp3) is 0.550. The van der Waals surface area contributed by atoms with Crippen LogP contribution in [0.25, 0.3) is 0 Å². The predicted octanol–water partition coefficient (Wildman–Crippen LogP) is -0.196. The minimum absolute atomic E-state index is 0.0437. The van der Waals surface area contributed by atoms with Crippen molar-refractivity contribution >= 4 is 24.2 Å². The van der Waals surface area contributed by atoms with Gasteiger partial charge in [0.05, 0.1) is 19.7 Å². The van der Waals surface area contributed by atoms with Gasteiger partial charge >= 0.3 is 0 Å². The largest absolute Gasteiger partial charge is 0.471 e. The van der Waals surface area contributed by atoms with Crippen molar-refractivity contribution in [2.75, 3.05) is 20.2 Å². The topological polar surface area (TPSA) is 153 Å². The maximum atomic E-state index is 11.6. The molecule has 10 nitrogen and oxygen atoms in total. The van der Waals surface area contributed by atoms with E-state index in [9.17, 15) is 14.4 Å². The van der Waals surface area contributed by atoms with E-state index in [2.05, 4.69) is 25.7 Å². The number of methoxy groups -OCH3 is 1. The molecule has 5 N–H and O–H groups in total. The van der Waals surface area contributed by atoms with Crippen molar-refractivity contribution in [2.24, 2.45) is 5.73 Å². The molecule has 1 aliphatic rings. The Morgan fingerprint density at radius 2 is 2.13 bits per heavy atom. The maximum Gasteiger partial charge on any atom is 0.292 e. The third kappa shape index (κ3) is 15.0. The third-order valence-electron chi connectivity index (χ3n) is 3.94. The van der Waals surface area contributed by atoms with Gasteiger partial charge in [0, 0.05) is 24.9 Å². The van der Waals surface area contributed by atoms with Crippen LogP contribution in [-0.4, -0.2) is 61.5 Å². The van der Waals surface area contributed by atoms with E-state index in [1.807, 2.05) is 25.3 Å². The summed E-state index contributed by atoms with van der Waals surface area (Å²) in [6, 6.07) is 3.63. The minimum Gasteiger partial charge on any atom is -0.471 e. The van der Waals surface area contributed by atoms with Crippen molar-refractivity contribution in [1.29, 1.82) is 0 Å². The van der Waals surface area contributed by atoms with Crippen LogP contribution in [0.1, 0.15) is 38.2 Å². The van der Waals surface area contributed by atoms with Crippen LogP contribution in [0.4, 0.5) is 0 Å². The summed E-state index contributed by atoms with van der Waals surface area (Å²) in [5, 5.41) is 8.35. The molecule has 2 heterocycles. The SMILES string of the molecule is CC(CCC(N)=O)NC(=O)CNC(=O)C1CCCN1.COC=O.Cc1cccnc1. The summed E-state index contributed by atoms with van der Waals surface area (Å²) in [5.74, 6) is -0.789. The average molecular weight is 424 g/mol. The molecule has 1 aromatic heterocycles. The van der Waals surface area contributed by atoms with Crippen molar-refractivity contribution in [3.63, 3.8) is 0 Å². The highest BCUT2D eigenvalue weighted by molar-refractivity contribution is 5.87. The van der Waals surface area contributed by atoms with E-state index >= 15 is 0 Å². The van der Waals surface area contributed by atoms with E-state index < -0.39 is 0 Å². The van der Waals surface area contributed by atoms with E-state index in [4.69, 9.17) is 10.5 Å². The highest BCUT2D eigenvalue weighted by atomic mass is 16.5. The first-order valence-corrected chi connectivity index (χ1v) is 9.72. The summed E-state index contributed by atoms with van der Waals surface area (Å²) in [7, 11) is 1.31. The predicted molar refractivity (Wildman–Crippen MR) is 112 cm³/mol. The van der Waals surface area contributed by atoms with Gasteiger partial charge in [-0.15, -0.1) is 0 Å². The van der Waals surface area contributed by atoms with E-state index in [0.717, 1.165) is 19.4 Å². The Bertz CT molecular complexity index is 636. The maximum absolute atomic E-state index is 11.6. The Labute approximate surface area is 177 Å². The molecule has 0 aliphatic carbocycles. The molecule has 1 fully saturated rings. The molecule has 1 aliphatic heterocycles. The number of hydrogen-bond acceptors (Lipinski definition) is 7. The molecule has 2 atom stereocenters. The first-order valence-electron chi connectivity index (χ1n) is 9.72. The molecule has 10 heteroatoms. The van der Waals surface area contributed by atoms with Crippen LogP contribution in [0.15, 0.2) is 24.5 Å². The van der Waals surface area contributed by atoms with Crippen LogP contribution < -0.4 is 21.7 Å². The van der Waals surface area contributed by atoms with E-state index in [0.29, 0.717) is 12.9 Å². The van der Waals surface area contributed by atoms with Gasteiger partial charge in [-0.1, -0.05) is 6.07 Å². The molecule has 0 aromatic carbocycles. The van der Waals surface area contributed by atoms with Gasteiger partial charge in [-0.05, 0) is 51.3 Å². The number of carbonyl (C=O) groups is 4. The summed E-state index contributed by atoms with van der Waals surface area (Å²) in [6.45, 7) is 4.99. The summed E-state index contributed by atoms with van der Waals surface area (Å²) in [5.41, 5.74) is 6.23. The quantitative estimate of drug-likeness (QED) is 0.423. The van der Waals surface area contributed by atoms with Gasteiger partial charge in [-0.3, -0.25) is 24.2 Å². The number of pyridine rings is 1. The molecule has 0 saturated carbocycles. The van der Waals surface area contributed by atoms with Crippen molar-refractivity contribution in [1.82, 2.24) is 20.9 Å². The van der Waals surface area contributed by atoms with Gasteiger partial charge in [0.25, 0.3) is 6.47 Å². The summed E-state index contributed by atoms with van der Waals surface area (Å²) < 4.78 is 3.86. The minimum atomic E-state index is -0.387. The number of ether oxygens (including phenoxy) is 1. The standard InChI is InChI=1S/C12H22N4O3.C6H7N.C2H4O2/c1-8(4-5-10(13)17)16-11(18)7-15-12(19)9-3-2-6-14-9;1-6-3-2-4-7-5-6;1-4-2-3/h8-9,14H,2-7H2,1H3,(H2,13,17)(H,15,19)(H,16,18);2-5H,1H3;2H,1H3. The zero-order chi connectivity index (χ0) is 22.8. The van der Waals surface area contributed by atoms with Crippen molar-refractivity contribution in [2.45, 2.75) is 51.6 Å². The third-order valence-corrected chi connectivity index (χ3v) is 3.94. The number of hydrogen-bond donors (Lipinski definition) is 4. The lowest BCUT2D eigenvalue weighted by molar-refractivity contribution is -0.127. The first-order chi connectivity index (χ1) is 14.3. The smallest absolute Gasteiger partial charge is 0.292 e. The lowest BCUT2D eigenvalue weighted by Gasteiger charge is -2.14. The normalized spacial score (nSPS) is 15.2. The Kier molecular flexibility index (Phi) is 15.2. The molecule has 1 saturated heterocycles. The zero-order valence-corrected chi connectivity index (χ0v) is 17.8. The van der Waals surface area contributed by atoms with Crippen LogP contribution in [0, 0.1) is 6.92 Å². The second-order valence-electron chi connectivity index (χ2n) is 6.70. The van der Waals surface area contributed by atoms with Crippen LogP contribution in [-0.2, 0) is 23.9 Å². The Balaban J connectivity index is 0.000000623. The van der Waals surface area contributed by atoms with Crippen LogP contribution in [0.5, 0.6) is 0 Å². The number of carbonyl (C=O) groups excluding carboxylic acids is 4. The van der Waals surface area contributed by atoms with E-state index in [1.54, 1.807) is 13.1 Å². The van der Waals surface area contributed by atoms with Gasteiger partial charge in [0.15, 0.2) is 0 Å². The lowest BCUT2D eigenvalue weighted by atomic mass is 10.2. The average Bonchev–Trinajstić information content (AvgIpc) is 3.27. The molecule has 1 aromatic rings. The summed E-state index contributed by atoms with van der Waals surface area (Å²) in [6.07, 6.45) is 6.13. The second kappa shape index (κ2) is 16.9. The molecule has 2 unspecified atom stereocenters. The summed E-state index contributed by atoms with van der Waals surface area (Å²) in [4.78, 5) is 46.6. The Hall–Kier alpha value is -3.01. The van der Waals surface area contributed by atoms with Gasteiger partial charge in [0.1, 0.15) is 0 Å². The number of amides is 3. The monoisotopic (exact) mass is 423 g/mol. The van der Waals surface area contributed by atoms with Crippen LogP contribution in [0.3, 0.4) is 0 Å². The van der Waals surface area contributed by atoms with Crippen molar-refractivity contribution < 1.29 is 23.9 Å². The molecular weight excluding hydrogens is 390 g/mol. The number of aromatic nitrogens is 1. The molecule has 2 rings (SSSR count). The first kappa shape index (κ1) is 27.0. The highest BCUT2D eigenvalue weighted by Gasteiger charge is 2.22. The van der Waals surface area contributed by atoms with Gasteiger partial charge in [-0.2, -0.15) is 0 Å². The van der Waals surface area contributed by atoms with E-state index in [-0.39, 0.29) is 42.8 Å². The van der Waals surface area contributed by atoms with Crippen molar-refractivity contribution in [3.05, 3.63) is 30.1 Å². The number of nitrogens with one attached hydrogen (secondary N) is 3. The van der Waals surface area contributed by atoms with Crippen LogP contribution >= 0.6 is 0 Å². The van der Waals surface area contributed by atoms with Gasteiger partial charge in [-0.25, -0.2) is 0 Å².